The average Bonchev–Trinajstić information content (AvgIpc) is 2.95. The van der Waals surface area contributed by atoms with Crippen LogP contribution in [0.15, 0.2) is 77.7 Å². The highest BCUT2D eigenvalue weighted by molar-refractivity contribution is 7.99. The highest BCUT2D eigenvalue weighted by Crippen LogP contribution is 2.46. The first-order valence-corrected chi connectivity index (χ1v) is 12.2. The summed E-state index contributed by atoms with van der Waals surface area (Å²) >= 11 is 1.59. The maximum atomic E-state index is 13.5. The fraction of sp³-hybridized carbons (Fsp3) is 0.259. The number of nitrogens with zero attached hydrogens (tertiary/aromatic N) is 2. The van der Waals surface area contributed by atoms with E-state index < -0.39 is 4.92 Å². The van der Waals surface area contributed by atoms with Crippen LogP contribution in [0.2, 0.25) is 0 Å². The quantitative estimate of drug-likeness (QED) is 0.356. The standard InChI is InChI=1S/C27H27N3O4S/c1-27(2,3)28-26(32)19-14-12-18(13-15-19)24-16-25(31)29(22-10-6-7-11-23(22)35-24)17-20-8-4-5-9-21(20)30(33)34/h4-15,24H,16-17H2,1-3H3,(H,28,32). The Morgan fingerprint density at radius 1 is 1.06 bits per heavy atom. The number of carbonyl (C=O) groups is 2. The molecule has 2 amide bonds. The van der Waals surface area contributed by atoms with E-state index in [2.05, 4.69) is 5.32 Å². The molecule has 4 rings (SSSR count). The van der Waals surface area contributed by atoms with Crippen molar-refractivity contribution >= 4 is 35.0 Å². The lowest BCUT2D eigenvalue weighted by Gasteiger charge is -2.22. The molecule has 0 fully saturated rings. The molecule has 7 nitrogen and oxygen atoms in total. The highest BCUT2D eigenvalue weighted by Gasteiger charge is 2.30. The van der Waals surface area contributed by atoms with Gasteiger partial charge < -0.3 is 10.2 Å². The molecular formula is C27H27N3O4S. The zero-order valence-electron chi connectivity index (χ0n) is 19.9. The molecule has 1 aliphatic rings. The second kappa shape index (κ2) is 9.92. The predicted molar refractivity (Wildman–Crippen MR) is 138 cm³/mol. The summed E-state index contributed by atoms with van der Waals surface area (Å²) < 4.78 is 0. The molecular weight excluding hydrogens is 462 g/mol. The van der Waals surface area contributed by atoms with Crippen molar-refractivity contribution in [2.75, 3.05) is 4.90 Å². The summed E-state index contributed by atoms with van der Waals surface area (Å²) in [5.74, 6) is -0.255. The fourth-order valence-corrected chi connectivity index (χ4v) is 5.27. The molecule has 180 valence electrons. The maximum absolute atomic E-state index is 13.5. The van der Waals surface area contributed by atoms with Crippen molar-refractivity contribution in [2.45, 2.75) is 49.4 Å². The molecule has 1 unspecified atom stereocenters. The monoisotopic (exact) mass is 489 g/mol. The van der Waals surface area contributed by atoms with Crippen molar-refractivity contribution < 1.29 is 14.5 Å². The van der Waals surface area contributed by atoms with E-state index >= 15 is 0 Å². The first-order chi connectivity index (χ1) is 16.6. The van der Waals surface area contributed by atoms with Gasteiger partial charge in [-0.25, -0.2) is 0 Å². The Morgan fingerprint density at radius 3 is 2.40 bits per heavy atom. The van der Waals surface area contributed by atoms with Gasteiger partial charge in [-0.3, -0.25) is 19.7 Å². The largest absolute Gasteiger partial charge is 0.347 e. The molecule has 0 saturated carbocycles. The van der Waals surface area contributed by atoms with Crippen LogP contribution in [0.3, 0.4) is 0 Å². The maximum Gasteiger partial charge on any atom is 0.274 e. The lowest BCUT2D eigenvalue weighted by Crippen LogP contribution is -2.40. The fourth-order valence-electron chi connectivity index (χ4n) is 3.99. The number of nitro groups is 1. The lowest BCUT2D eigenvalue weighted by molar-refractivity contribution is -0.385. The van der Waals surface area contributed by atoms with E-state index in [1.807, 2.05) is 57.2 Å². The van der Waals surface area contributed by atoms with Crippen molar-refractivity contribution in [1.29, 1.82) is 0 Å². The molecule has 0 bridgehead atoms. The number of nitrogens with one attached hydrogen (secondary N) is 1. The van der Waals surface area contributed by atoms with Crippen LogP contribution in [-0.2, 0) is 11.3 Å². The Morgan fingerprint density at radius 2 is 1.71 bits per heavy atom. The van der Waals surface area contributed by atoms with Gasteiger partial charge in [0.2, 0.25) is 5.91 Å². The molecule has 0 aromatic heterocycles. The molecule has 0 spiro atoms. The van der Waals surface area contributed by atoms with E-state index in [1.54, 1.807) is 47.0 Å². The van der Waals surface area contributed by atoms with Gasteiger partial charge in [-0.1, -0.05) is 42.5 Å². The Hall–Kier alpha value is -3.65. The normalized spacial score (nSPS) is 15.8. The molecule has 1 heterocycles. The molecule has 3 aromatic rings. The molecule has 0 saturated heterocycles. The van der Waals surface area contributed by atoms with Crippen molar-refractivity contribution in [3.05, 3.63) is 99.6 Å². The van der Waals surface area contributed by atoms with Crippen LogP contribution in [0, 0.1) is 10.1 Å². The zero-order valence-corrected chi connectivity index (χ0v) is 20.7. The van der Waals surface area contributed by atoms with Gasteiger partial charge in [0.15, 0.2) is 0 Å². The van der Waals surface area contributed by atoms with Gasteiger partial charge in [0.25, 0.3) is 11.6 Å². The molecule has 0 aliphatic carbocycles. The summed E-state index contributed by atoms with van der Waals surface area (Å²) in [5, 5.41) is 14.3. The highest BCUT2D eigenvalue weighted by atomic mass is 32.2. The minimum absolute atomic E-state index is 0.00430. The summed E-state index contributed by atoms with van der Waals surface area (Å²) in [6.07, 6.45) is 0.230. The van der Waals surface area contributed by atoms with Crippen molar-refractivity contribution in [3.8, 4) is 0 Å². The minimum atomic E-state index is -0.418. The Labute approximate surface area is 208 Å². The molecule has 3 aromatic carbocycles. The molecule has 1 atom stereocenters. The van der Waals surface area contributed by atoms with E-state index in [4.69, 9.17) is 0 Å². The number of hydrogen-bond donors (Lipinski definition) is 1. The van der Waals surface area contributed by atoms with Crippen LogP contribution in [0.25, 0.3) is 0 Å². The SMILES string of the molecule is CC(C)(C)NC(=O)c1ccc(C2CC(=O)N(Cc3ccccc3[N+](=O)[O-])c3ccccc3S2)cc1. The molecule has 1 N–H and O–H groups in total. The number of para-hydroxylation sites is 2. The number of nitro benzene ring substituents is 1. The second-order valence-electron chi connectivity index (χ2n) is 9.47. The molecule has 1 aliphatic heterocycles. The number of rotatable bonds is 5. The van der Waals surface area contributed by atoms with Crippen LogP contribution in [-0.4, -0.2) is 22.3 Å². The summed E-state index contributed by atoms with van der Waals surface area (Å²) in [6.45, 7) is 5.91. The summed E-state index contributed by atoms with van der Waals surface area (Å²) in [7, 11) is 0. The van der Waals surface area contributed by atoms with Crippen LogP contribution in [0.1, 0.15) is 53.9 Å². The number of thioether (sulfide) groups is 1. The third-order valence-electron chi connectivity index (χ3n) is 5.64. The van der Waals surface area contributed by atoms with Crippen LogP contribution >= 0.6 is 11.8 Å². The van der Waals surface area contributed by atoms with Gasteiger partial charge >= 0.3 is 0 Å². The van der Waals surface area contributed by atoms with E-state index in [1.165, 1.54) is 6.07 Å². The summed E-state index contributed by atoms with van der Waals surface area (Å²) in [5.41, 5.74) is 2.39. The number of fused-ring (bicyclic) bond motifs is 1. The minimum Gasteiger partial charge on any atom is -0.347 e. The zero-order chi connectivity index (χ0) is 25.2. The molecule has 0 radical (unpaired) electrons. The van der Waals surface area contributed by atoms with E-state index in [-0.39, 0.29) is 41.3 Å². The third kappa shape index (κ3) is 5.71. The van der Waals surface area contributed by atoms with E-state index in [0.717, 1.165) is 16.1 Å². The van der Waals surface area contributed by atoms with Crippen LogP contribution in [0.4, 0.5) is 11.4 Å². The first kappa shape index (κ1) is 24.5. The Bertz CT molecular complexity index is 1270. The predicted octanol–water partition coefficient (Wildman–Crippen LogP) is 5.89. The number of hydrogen-bond acceptors (Lipinski definition) is 5. The molecule has 8 heteroatoms. The number of amides is 2. The van der Waals surface area contributed by atoms with Gasteiger partial charge in [-0.05, 0) is 50.6 Å². The number of benzene rings is 3. The first-order valence-electron chi connectivity index (χ1n) is 11.3. The number of carbonyl (C=O) groups excluding carboxylic acids is 2. The van der Waals surface area contributed by atoms with Gasteiger partial charge in [0.1, 0.15) is 0 Å². The summed E-state index contributed by atoms with van der Waals surface area (Å²) in [4.78, 5) is 39.6. The van der Waals surface area contributed by atoms with Crippen LogP contribution < -0.4 is 10.2 Å². The smallest absolute Gasteiger partial charge is 0.274 e. The molecule has 35 heavy (non-hydrogen) atoms. The van der Waals surface area contributed by atoms with Crippen molar-refractivity contribution in [1.82, 2.24) is 5.32 Å². The van der Waals surface area contributed by atoms with Crippen molar-refractivity contribution in [3.63, 3.8) is 0 Å². The number of anilines is 1. The van der Waals surface area contributed by atoms with Gasteiger partial charge in [-0.15, -0.1) is 11.8 Å². The summed E-state index contributed by atoms with van der Waals surface area (Å²) in [6, 6.07) is 21.5. The Balaban J connectivity index is 1.62. The topological polar surface area (TPSA) is 92.6 Å². The lowest BCUT2D eigenvalue weighted by atomic mass is 10.0. The van der Waals surface area contributed by atoms with Crippen LogP contribution in [0.5, 0.6) is 0 Å². The van der Waals surface area contributed by atoms with E-state index in [0.29, 0.717) is 11.1 Å². The average molecular weight is 490 g/mol. The van der Waals surface area contributed by atoms with E-state index in [9.17, 15) is 19.7 Å². The van der Waals surface area contributed by atoms with Crippen molar-refractivity contribution in [2.24, 2.45) is 0 Å². The Kier molecular flexibility index (Phi) is 6.93. The second-order valence-corrected chi connectivity index (χ2v) is 10.7. The van der Waals surface area contributed by atoms with Gasteiger partial charge in [-0.2, -0.15) is 0 Å². The van der Waals surface area contributed by atoms with Gasteiger partial charge in [0.05, 0.1) is 17.2 Å². The van der Waals surface area contributed by atoms with Gasteiger partial charge in [0, 0.05) is 39.3 Å². The third-order valence-corrected chi connectivity index (χ3v) is 6.96.